The van der Waals surface area contributed by atoms with Crippen molar-refractivity contribution in [2.45, 2.75) is 50.1 Å². The Labute approximate surface area is 141 Å². The molecule has 132 valence electrons. The second-order valence-electron chi connectivity index (χ2n) is 6.01. The van der Waals surface area contributed by atoms with Gasteiger partial charge in [-0.25, -0.2) is 13.1 Å². The number of carboxylic acid groups (broad SMARTS) is 1. The summed E-state index contributed by atoms with van der Waals surface area (Å²) in [4.78, 5) is 24.9. The van der Waals surface area contributed by atoms with Gasteiger partial charge in [-0.05, 0) is 44.4 Å². The van der Waals surface area contributed by atoms with Gasteiger partial charge in [0, 0.05) is 17.6 Å². The van der Waals surface area contributed by atoms with Crippen LogP contribution >= 0.6 is 0 Å². The number of carbonyl (C=O) groups is 2. The zero-order valence-electron chi connectivity index (χ0n) is 13.7. The number of amides is 1. The van der Waals surface area contributed by atoms with Gasteiger partial charge in [0.2, 0.25) is 10.0 Å². The Hall–Kier alpha value is -1.93. The molecule has 8 heteroatoms. The van der Waals surface area contributed by atoms with Crippen molar-refractivity contribution in [1.82, 2.24) is 9.62 Å². The van der Waals surface area contributed by atoms with Crippen molar-refractivity contribution in [2.24, 2.45) is 0 Å². The lowest BCUT2D eigenvalue weighted by Gasteiger charge is -2.27. The molecular formula is C16H22N2O5S. The Morgan fingerprint density at radius 2 is 2.04 bits per heavy atom. The van der Waals surface area contributed by atoms with E-state index in [-0.39, 0.29) is 22.5 Å². The first-order valence-electron chi connectivity index (χ1n) is 7.89. The van der Waals surface area contributed by atoms with Crippen LogP contribution in [-0.2, 0) is 14.8 Å². The first-order valence-corrected chi connectivity index (χ1v) is 9.38. The van der Waals surface area contributed by atoms with Crippen LogP contribution in [0.1, 0.15) is 43.5 Å². The van der Waals surface area contributed by atoms with E-state index >= 15 is 0 Å². The molecule has 2 N–H and O–H groups in total. The number of nitrogens with one attached hydrogen (secondary N) is 1. The highest BCUT2D eigenvalue weighted by Gasteiger charge is 2.29. The second-order valence-corrected chi connectivity index (χ2v) is 7.72. The van der Waals surface area contributed by atoms with Gasteiger partial charge in [0.1, 0.15) is 6.54 Å². The van der Waals surface area contributed by atoms with Crippen molar-refractivity contribution in [3.8, 4) is 0 Å². The summed E-state index contributed by atoms with van der Waals surface area (Å²) in [6, 6.07) is 5.41. The number of hydrogen-bond donors (Lipinski definition) is 2. The fraction of sp³-hybridized carbons (Fsp3) is 0.500. The molecule has 0 aliphatic heterocycles. The SMILES string of the molecule is CCC(C)N(CC(=O)O)C(=O)c1cccc(S(=O)(=O)NC2CC2)c1. The topological polar surface area (TPSA) is 104 Å². The highest BCUT2D eigenvalue weighted by atomic mass is 32.2. The number of hydrogen-bond acceptors (Lipinski definition) is 4. The highest BCUT2D eigenvalue weighted by molar-refractivity contribution is 7.89. The third-order valence-electron chi connectivity index (χ3n) is 3.98. The van der Waals surface area contributed by atoms with E-state index in [4.69, 9.17) is 5.11 Å². The molecule has 0 heterocycles. The van der Waals surface area contributed by atoms with Crippen LogP contribution in [0.4, 0.5) is 0 Å². The molecule has 0 spiro atoms. The minimum atomic E-state index is -3.66. The Morgan fingerprint density at radius 1 is 1.38 bits per heavy atom. The van der Waals surface area contributed by atoms with Crippen LogP contribution in [0.15, 0.2) is 29.2 Å². The molecule has 1 aliphatic carbocycles. The van der Waals surface area contributed by atoms with Crippen molar-refractivity contribution >= 4 is 21.9 Å². The van der Waals surface area contributed by atoms with Crippen molar-refractivity contribution in [3.63, 3.8) is 0 Å². The summed E-state index contributed by atoms with van der Waals surface area (Å²) >= 11 is 0. The Kier molecular flexibility index (Phi) is 5.61. The molecule has 0 bridgehead atoms. The van der Waals surface area contributed by atoms with Gasteiger partial charge < -0.3 is 10.0 Å². The number of carbonyl (C=O) groups excluding carboxylic acids is 1. The molecule has 24 heavy (non-hydrogen) atoms. The average Bonchev–Trinajstić information content (AvgIpc) is 3.34. The molecule has 1 aliphatic rings. The van der Waals surface area contributed by atoms with Gasteiger partial charge in [-0.2, -0.15) is 0 Å². The van der Waals surface area contributed by atoms with E-state index < -0.39 is 28.4 Å². The normalized spacial score (nSPS) is 15.8. The number of aliphatic carboxylic acids is 1. The number of carboxylic acids is 1. The number of benzene rings is 1. The predicted molar refractivity (Wildman–Crippen MR) is 88.2 cm³/mol. The largest absolute Gasteiger partial charge is 0.480 e. The van der Waals surface area contributed by atoms with E-state index in [0.717, 1.165) is 12.8 Å². The monoisotopic (exact) mass is 354 g/mol. The van der Waals surface area contributed by atoms with Gasteiger partial charge in [-0.3, -0.25) is 9.59 Å². The fourth-order valence-electron chi connectivity index (χ4n) is 2.24. The van der Waals surface area contributed by atoms with Crippen LogP contribution in [0, 0.1) is 0 Å². The third kappa shape index (κ3) is 4.55. The fourth-order valence-corrected chi connectivity index (χ4v) is 3.60. The van der Waals surface area contributed by atoms with Crippen LogP contribution in [0.5, 0.6) is 0 Å². The lowest BCUT2D eigenvalue weighted by molar-refractivity contribution is -0.138. The van der Waals surface area contributed by atoms with Crippen LogP contribution in [-0.4, -0.2) is 48.9 Å². The molecule has 1 saturated carbocycles. The maximum atomic E-state index is 12.6. The first-order chi connectivity index (χ1) is 11.2. The van der Waals surface area contributed by atoms with Crippen LogP contribution in [0.25, 0.3) is 0 Å². The van der Waals surface area contributed by atoms with Gasteiger partial charge in [0.15, 0.2) is 0 Å². The van der Waals surface area contributed by atoms with Crippen LogP contribution in [0.2, 0.25) is 0 Å². The highest BCUT2D eigenvalue weighted by Crippen LogP contribution is 2.23. The van der Waals surface area contributed by atoms with E-state index in [1.54, 1.807) is 6.92 Å². The average molecular weight is 354 g/mol. The smallest absolute Gasteiger partial charge is 0.323 e. The third-order valence-corrected chi connectivity index (χ3v) is 5.50. The molecule has 0 radical (unpaired) electrons. The maximum absolute atomic E-state index is 12.6. The van der Waals surface area contributed by atoms with E-state index in [1.807, 2.05) is 6.92 Å². The van der Waals surface area contributed by atoms with Gasteiger partial charge in [0.25, 0.3) is 5.91 Å². The second kappa shape index (κ2) is 7.31. The van der Waals surface area contributed by atoms with Gasteiger partial charge in [-0.15, -0.1) is 0 Å². The van der Waals surface area contributed by atoms with Gasteiger partial charge in [0.05, 0.1) is 4.90 Å². The lowest BCUT2D eigenvalue weighted by atomic mass is 10.1. The molecule has 2 rings (SSSR count). The Morgan fingerprint density at radius 3 is 2.58 bits per heavy atom. The van der Waals surface area contributed by atoms with Crippen molar-refractivity contribution < 1.29 is 23.1 Å². The van der Waals surface area contributed by atoms with Crippen LogP contribution in [0.3, 0.4) is 0 Å². The van der Waals surface area contributed by atoms with E-state index in [1.165, 1.54) is 29.2 Å². The van der Waals surface area contributed by atoms with Crippen LogP contribution < -0.4 is 4.72 Å². The van der Waals surface area contributed by atoms with Crippen molar-refractivity contribution in [1.29, 1.82) is 0 Å². The summed E-state index contributed by atoms with van der Waals surface area (Å²) in [5.74, 6) is -1.60. The summed E-state index contributed by atoms with van der Waals surface area (Å²) < 4.78 is 27.1. The summed E-state index contributed by atoms with van der Waals surface area (Å²) in [5.41, 5.74) is 0.162. The van der Waals surface area contributed by atoms with Gasteiger partial charge >= 0.3 is 5.97 Å². The first kappa shape index (κ1) is 18.4. The summed E-state index contributed by atoms with van der Waals surface area (Å²) in [5, 5.41) is 9.01. The van der Waals surface area contributed by atoms with Crippen molar-refractivity contribution in [3.05, 3.63) is 29.8 Å². The molecule has 1 aromatic rings. The molecule has 1 atom stereocenters. The molecule has 1 unspecified atom stereocenters. The molecule has 1 amide bonds. The zero-order valence-corrected chi connectivity index (χ0v) is 14.5. The number of sulfonamides is 1. The summed E-state index contributed by atoms with van der Waals surface area (Å²) in [7, 11) is -3.66. The predicted octanol–water partition coefficient (Wildman–Crippen LogP) is 1.45. The number of rotatable bonds is 8. The summed E-state index contributed by atoms with van der Waals surface area (Å²) in [6.07, 6.45) is 2.23. The zero-order chi connectivity index (χ0) is 17.9. The van der Waals surface area contributed by atoms with Crippen molar-refractivity contribution in [2.75, 3.05) is 6.54 Å². The van der Waals surface area contributed by atoms with E-state index in [9.17, 15) is 18.0 Å². The quantitative estimate of drug-likeness (QED) is 0.735. The molecule has 0 aromatic heterocycles. The Bertz CT molecular complexity index is 728. The molecular weight excluding hydrogens is 332 g/mol. The van der Waals surface area contributed by atoms with E-state index in [0.29, 0.717) is 6.42 Å². The molecule has 0 saturated heterocycles. The summed E-state index contributed by atoms with van der Waals surface area (Å²) in [6.45, 7) is 3.19. The maximum Gasteiger partial charge on any atom is 0.323 e. The number of nitrogens with zero attached hydrogens (tertiary/aromatic N) is 1. The lowest BCUT2D eigenvalue weighted by Crippen LogP contribution is -2.41. The minimum Gasteiger partial charge on any atom is -0.480 e. The minimum absolute atomic E-state index is 0.0136. The molecule has 1 aromatic carbocycles. The van der Waals surface area contributed by atoms with E-state index in [2.05, 4.69) is 4.72 Å². The Balaban J connectivity index is 2.28. The standard InChI is InChI=1S/C16H22N2O5S/c1-3-11(2)18(10-15(19)20)16(21)12-5-4-6-14(9-12)24(22,23)17-13-7-8-13/h4-6,9,11,13,17H,3,7-8,10H2,1-2H3,(H,19,20). The van der Waals surface area contributed by atoms with Gasteiger partial charge in [-0.1, -0.05) is 13.0 Å². The molecule has 7 nitrogen and oxygen atoms in total. The molecule has 1 fully saturated rings.